The van der Waals surface area contributed by atoms with Crippen molar-refractivity contribution in [2.45, 2.75) is 39.7 Å². The Labute approximate surface area is 121 Å². The average molecular weight is 279 g/mol. The van der Waals surface area contributed by atoms with Crippen LogP contribution in [0.3, 0.4) is 0 Å². The van der Waals surface area contributed by atoms with Gasteiger partial charge in [-0.1, -0.05) is 25.5 Å². The Morgan fingerprint density at radius 1 is 1.25 bits per heavy atom. The summed E-state index contributed by atoms with van der Waals surface area (Å²) in [6.45, 7) is 6.43. The molecule has 0 atom stereocenters. The normalized spacial score (nSPS) is 10.3. The van der Waals surface area contributed by atoms with Crippen LogP contribution in [-0.4, -0.2) is 25.7 Å². The van der Waals surface area contributed by atoms with Crippen LogP contribution in [0.1, 0.15) is 38.7 Å². The molecule has 0 bridgehead atoms. The summed E-state index contributed by atoms with van der Waals surface area (Å²) in [4.78, 5) is 11.6. The fourth-order valence-corrected chi connectivity index (χ4v) is 1.68. The molecule has 0 heterocycles. The average Bonchev–Trinajstić information content (AvgIpc) is 2.46. The molecule has 1 aromatic carbocycles. The molecular weight excluding hydrogens is 254 g/mol. The van der Waals surface area contributed by atoms with Crippen LogP contribution < -0.4 is 10.1 Å². The molecule has 1 N–H and O–H groups in total. The predicted octanol–water partition coefficient (Wildman–Crippen LogP) is 2.91. The molecule has 1 aromatic rings. The molecule has 0 saturated carbocycles. The fraction of sp³-hybridized carbons (Fsp3) is 0.562. The molecule has 0 radical (unpaired) electrons. The van der Waals surface area contributed by atoms with Gasteiger partial charge >= 0.3 is 0 Å². The van der Waals surface area contributed by atoms with E-state index in [1.807, 2.05) is 31.2 Å². The van der Waals surface area contributed by atoms with E-state index in [2.05, 4.69) is 12.2 Å². The summed E-state index contributed by atoms with van der Waals surface area (Å²) in [7, 11) is 0. The molecule has 0 fully saturated rings. The molecule has 0 aliphatic heterocycles. The van der Waals surface area contributed by atoms with Gasteiger partial charge in [0.25, 0.3) is 0 Å². The number of hydrogen-bond donors (Lipinski definition) is 1. The van der Waals surface area contributed by atoms with Crippen molar-refractivity contribution in [1.29, 1.82) is 0 Å². The number of benzene rings is 1. The summed E-state index contributed by atoms with van der Waals surface area (Å²) < 4.78 is 10.8. The Morgan fingerprint density at radius 3 is 2.85 bits per heavy atom. The number of amides is 1. The van der Waals surface area contributed by atoms with Crippen LogP contribution in [0.25, 0.3) is 0 Å². The minimum atomic E-state index is 0.00996. The second-order valence-corrected chi connectivity index (χ2v) is 4.57. The monoisotopic (exact) mass is 279 g/mol. The predicted molar refractivity (Wildman–Crippen MR) is 79.8 cm³/mol. The van der Waals surface area contributed by atoms with Crippen LogP contribution in [0.2, 0.25) is 0 Å². The molecule has 20 heavy (non-hydrogen) atoms. The highest BCUT2D eigenvalue weighted by Gasteiger charge is 2.02. The van der Waals surface area contributed by atoms with Crippen LogP contribution in [0.5, 0.6) is 5.75 Å². The summed E-state index contributed by atoms with van der Waals surface area (Å²) in [6.07, 6.45) is 2.58. The first kappa shape index (κ1) is 16.5. The van der Waals surface area contributed by atoms with E-state index in [4.69, 9.17) is 9.47 Å². The van der Waals surface area contributed by atoms with Crippen molar-refractivity contribution in [3.63, 3.8) is 0 Å². The van der Waals surface area contributed by atoms with Crippen molar-refractivity contribution in [3.8, 4) is 5.75 Å². The van der Waals surface area contributed by atoms with E-state index in [0.717, 1.165) is 30.8 Å². The van der Waals surface area contributed by atoms with Crippen molar-refractivity contribution in [3.05, 3.63) is 29.8 Å². The van der Waals surface area contributed by atoms with E-state index in [1.54, 1.807) is 0 Å². The fourth-order valence-electron chi connectivity index (χ4n) is 1.68. The number of unbranched alkanes of at least 4 members (excludes halogenated alkanes) is 1. The summed E-state index contributed by atoms with van der Waals surface area (Å²) in [6, 6.07) is 7.84. The number of carbonyl (C=O) groups is 1. The molecule has 0 saturated heterocycles. The molecule has 0 aliphatic carbocycles. The third-order valence-electron chi connectivity index (χ3n) is 2.83. The van der Waals surface area contributed by atoms with Gasteiger partial charge in [0.2, 0.25) is 5.91 Å². The summed E-state index contributed by atoms with van der Waals surface area (Å²) in [5.74, 6) is 0.871. The number of hydrogen-bond acceptors (Lipinski definition) is 3. The van der Waals surface area contributed by atoms with Crippen molar-refractivity contribution in [1.82, 2.24) is 5.32 Å². The molecule has 0 aromatic heterocycles. The van der Waals surface area contributed by atoms with Crippen molar-refractivity contribution < 1.29 is 14.3 Å². The van der Waals surface area contributed by atoms with Gasteiger partial charge < -0.3 is 14.8 Å². The van der Waals surface area contributed by atoms with Gasteiger partial charge in [0, 0.05) is 19.6 Å². The number of rotatable bonds is 10. The zero-order chi connectivity index (χ0) is 14.6. The Balaban J connectivity index is 2.32. The molecule has 4 nitrogen and oxygen atoms in total. The van der Waals surface area contributed by atoms with Crippen LogP contribution in [0.4, 0.5) is 0 Å². The van der Waals surface area contributed by atoms with Gasteiger partial charge in [-0.2, -0.15) is 0 Å². The highest BCUT2D eigenvalue weighted by molar-refractivity contribution is 5.75. The maximum atomic E-state index is 11.6. The van der Waals surface area contributed by atoms with Gasteiger partial charge in [-0.15, -0.1) is 0 Å². The quantitative estimate of drug-likeness (QED) is 0.670. The van der Waals surface area contributed by atoms with Crippen LogP contribution in [0, 0.1) is 0 Å². The van der Waals surface area contributed by atoms with E-state index in [0.29, 0.717) is 26.2 Å². The number of carbonyl (C=O) groups excluding carboxylic acids is 1. The minimum absolute atomic E-state index is 0.00996. The van der Waals surface area contributed by atoms with Gasteiger partial charge in [0.15, 0.2) is 0 Å². The largest absolute Gasteiger partial charge is 0.494 e. The second kappa shape index (κ2) is 10.3. The zero-order valence-corrected chi connectivity index (χ0v) is 12.5. The van der Waals surface area contributed by atoms with Crippen LogP contribution >= 0.6 is 0 Å². The molecule has 1 amide bonds. The van der Waals surface area contributed by atoms with Gasteiger partial charge in [0.1, 0.15) is 5.75 Å². The highest BCUT2D eigenvalue weighted by Crippen LogP contribution is 2.13. The third-order valence-corrected chi connectivity index (χ3v) is 2.83. The standard InChI is InChI=1S/C16H25NO3/c1-3-5-10-20-15-8-6-7-14(12-15)13-17-16(18)9-11-19-4-2/h6-8,12H,3-5,9-11,13H2,1-2H3,(H,17,18). The minimum Gasteiger partial charge on any atom is -0.494 e. The Hall–Kier alpha value is -1.55. The van der Waals surface area contributed by atoms with E-state index in [-0.39, 0.29) is 5.91 Å². The molecule has 0 spiro atoms. The van der Waals surface area contributed by atoms with Crippen LogP contribution in [0.15, 0.2) is 24.3 Å². The lowest BCUT2D eigenvalue weighted by molar-refractivity contribution is -0.122. The molecule has 0 aliphatic rings. The van der Waals surface area contributed by atoms with Crippen LogP contribution in [-0.2, 0) is 16.1 Å². The lowest BCUT2D eigenvalue weighted by atomic mass is 10.2. The maximum Gasteiger partial charge on any atom is 0.222 e. The van der Waals surface area contributed by atoms with E-state index in [1.165, 1.54) is 0 Å². The highest BCUT2D eigenvalue weighted by atomic mass is 16.5. The summed E-state index contributed by atoms with van der Waals surface area (Å²) in [5, 5.41) is 2.88. The Morgan fingerprint density at radius 2 is 2.10 bits per heavy atom. The van der Waals surface area contributed by atoms with Crippen molar-refractivity contribution in [2.24, 2.45) is 0 Å². The molecule has 0 unspecified atom stereocenters. The first-order valence-corrected chi connectivity index (χ1v) is 7.32. The van der Waals surface area contributed by atoms with Gasteiger partial charge in [-0.3, -0.25) is 4.79 Å². The SMILES string of the molecule is CCCCOc1cccc(CNC(=O)CCOCC)c1. The van der Waals surface area contributed by atoms with Crippen molar-refractivity contribution in [2.75, 3.05) is 19.8 Å². The first-order chi connectivity index (χ1) is 9.76. The maximum absolute atomic E-state index is 11.6. The lowest BCUT2D eigenvalue weighted by Crippen LogP contribution is -2.23. The molecule has 1 rings (SSSR count). The third kappa shape index (κ3) is 7.14. The molecule has 112 valence electrons. The topological polar surface area (TPSA) is 47.6 Å². The first-order valence-electron chi connectivity index (χ1n) is 7.32. The van der Waals surface area contributed by atoms with Gasteiger partial charge in [-0.25, -0.2) is 0 Å². The van der Waals surface area contributed by atoms with Crippen molar-refractivity contribution >= 4 is 5.91 Å². The molecular formula is C16H25NO3. The Bertz CT molecular complexity index is 393. The zero-order valence-electron chi connectivity index (χ0n) is 12.5. The smallest absolute Gasteiger partial charge is 0.222 e. The summed E-state index contributed by atoms with van der Waals surface area (Å²) in [5.41, 5.74) is 1.05. The van der Waals surface area contributed by atoms with Gasteiger partial charge in [-0.05, 0) is 31.0 Å². The van der Waals surface area contributed by atoms with E-state index >= 15 is 0 Å². The number of nitrogens with one attached hydrogen (secondary N) is 1. The van der Waals surface area contributed by atoms with E-state index in [9.17, 15) is 4.79 Å². The van der Waals surface area contributed by atoms with Gasteiger partial charge in [0.05, 0.1) is 13.2 Å². The second-order valence-electron chi connectivity index (χ2n) is 4.57. The van der Waals surface area contributed by atoms with E-state index < -0.39 is 0 Å². The number of ether oxygens (including phenoxy) is 2. The molecule has 4 heteroatoms. The lowest BCUT2D eigenvalue weighted by Gasteiger charge is -2.09. The Kier molecular flexibility index (Phi) is 8.47. The summed E-state index contributed by atoms with van der Waals surface area (Å²) >= 11 is 0.